The minimum atomic E-state index is -4.67. The van der Waals surface area contributed by atoms with Gasteiger partial charge in [0, 0.05) is 38.0 Å². The maximum absolute atomic E-state index is 12.9. The summed E-state index contributed by atoms with van der Waals surface area (Å²) in [7, 11) is 0. The van der Waals surface area contributed by atoms with Gasteiger partial charge < -0.3 is 14.5 Å². The van der Waals surface area contributed by atoms with Gasteiger partial charge in [0.05, 0.1) is 10.7 Å². The SMILES string of the molecule is Cc1c(Cl)c(C(F)(F)F)nn1CC(=O)N1CC2CN(C(=O)OC(C)(C)C)C[C@H]2C1. The maximum atomic E-state index is 12.9. The zero-order chi connectivity index (χ0) is 21.7. The fraction of sp³-hybridized carbons (Fsp3) is 0.722. The molecule has 3 rings (SSSR count). The molecular formula is C18H24ClF3N4O3. The molecule has 0 radical (unpaired) electrons. The number of hydrogen-bond donors (Lipinski definition) is 0. The molecule has 11 heteroatoms. The topological polar surface area (TPSA) is 67.7 Å². The molecule has 0 bridgehead atoms. The average Bonchev–Trinajstić information content (AvgIpc) is 3.20. The second-order valence-corrected chi connectivity index (χ2v) is 8.99. The Hall–Kier alpha value is -1.97. The highest BCUT2D eigenvalue weighted by Gasteiger charge is 2.44. The molecule has 7 nitrogen and oxygen atoms in total. The van der Waals surface area contributed by atoms with Crippen LogP contribution < -0.4 is 0 Å². The first-order valence-electron chi connectivity index (χ1n) is 9.32. The lowest BCUT2D eigenvalue weighted by atomic mass is 10.0. The smallest absolute Gasteiger partial charge is 0.436 e. The summed E-state index contributed by atoms with van der Waals surface area (Å²) in [6.07, 6.45) is -5.04. The highest BCUT2D eigenvalue weighted by Crippen LogP contribution is 2.36. The Bertz CT molecular complexity index is 804. The predicted molar refractivity (Wildman–Crippen MR) is 98.3 cm³/mol. The van der Waals surface area contributed by atoms with Crippen LogP contribution >= 0.6 is 11.6 Å². The van der Waals surface area contributed by atoms with E-state index in [1.54, 1.807) is 30.6 Å². The molecule has 2 aliphatic rings. The molecule has 0 spiro atoms. The summed E-state index contributed by atoms with van der Waals surface area (Å²) < 4.78 is 45.2. The highest BCUT2D eigenvalue weighted by atomic mass is 35.5. The van der Waals surface area contributed by atoms with Crippen LogP contribution in [0.1, 0.15) is 32.2 Å². The van der Waals surface area contributed by atoms with Gasteiger partial charge in [0.2, 0.25) is 5.91 Å². The molecule has 0 N–H and O–H groups in total. The Morgan fingerprint density at radius 3 is 2.07 bits per heavy atom. The van der Waals surface area contributed by atoms with E-state index in [0.717, 1.165) is 4.68 Å². The number of aromatic nitrogens is 2. The van der Waals surface area contributed by atoms with Crippen molar-refractivity contribution in [2.75, 3.05) is 26.2 Å². The van der Waals surface area contributed by atoms with Crippen LogP contribution in [-0.4, -0.2) is 63.4 Å². The number of ether oxygens (including phenoxy) is 1. The average molecular weight is 437 g/mol. The number of rotatable bonds is 2. The molecule has 0 aromatic carbocycles. The van der Waals surface area contributed by atoms with Crippen LogP contribution in [0.5, 0.6) is 0 Å². The van der Waals surface area contributed by atoms with Gasteiger partial charge >= 0.3 is 12.3 Å². The fourth-order valence-electron chi connectivity index (χ4n) is 3.76. The van der Waals surface area contributed by atoms with E-state index < -0.39 is 22.5 Å². The molecule has 162 valence electrons. The number of hydrogen-bond acceptors (Lipinski definition) is 4. The van der Waals surface area contributed by atoms with Crippen molar-refractivity contribution in [3.63, 3.8) is 0 Å². The van der Waals surface area contributed by atoms with E-state index in [1.165, 1.54) is 6.92 Å². The molecular weight excluding hydrogens is 413 g/mol. The van der Waals surface area contributed by atoms with Gasteiger partial charge in [-0.3, -0.25) is 9.48 Å². The van der Waals surface area contributed by atoms with E-state index in [4.69, 9.17) is 16.3 Å². The second kappa shape index (κ2) is 7.37. The monoisotopic (exact) mass is 436 g/mol. The van der Waals surface area contributed by atoms with Crippen molar-refractivity contribution in [1.82, 2.24) is 19.6 Å². The Morgan fingerprint density at radius 1 is 1.10 bits per heavy atom. The van der Waals surface area contributed by atoms with Crippen LogP contribution in [-0.2, 0) is 22.3 Å². The van der Waals surface area contributed by atoms with Crippen molar-refractivity contribution in [3.05, 3.63) is 16.4 Å². The molecule has 3 heterocycles. The molecule has 2 saturated heterocycles. The van der Waals surface area contributed by atoms with Crippen molar-refractivity contribution in [2.24, 2.45) is 11.8 Å². The zero-order valence-electron chi connectivity index (χ0n) is 16.7. The summed E-state index contributed by atoms with van der Waals surface area (Å²) in [6.45, 7) is 8.38. The first-order chi connectivity index (χ1) is 13.3. The number of nitrogens with zero attached hydrogens (tertiary/aromatic N) is 4. The molecule has 1 aromatic rings. The van der Waals surface area contributed by atoms with E-state index in [-0.39, 0.29) is 36.1 Å². The summed E-state index contributed by atoms with van der Waals surface area (Å²) in [5, 5.41) is 2.99. The number of carbonyl (C=O) groups is 2. The molecule has 29 heavy (non-hydrogen) atoms. The van der Waals surface area contributed by atoms with Crippen LogP contribution in [0.25, 0.3) is 0 Å². The van der Waals surface area contributed by atoms with Gasteiger partial charge in [0.1, 0.15) is 12.1 Å². The Morgan fingerprint density at radius 2 is 1.62 bits per heavy atom. The standard InChI is InChI=1S/C18H24ClF3N4O3/c1-10-14(19)15(18(20,21)22)23-26(10)9-13(27)24-5-11-7-25(8-12(11)6-24)16(28)29-17(2,3)4/h11-12H,5-9H2,1-4H3/t11-,12?/m1/s1. The summed E-state index contributed by atoms with van der Waals surface area (Å²) in [5.74, 6) is -0.0711. The molecule has 1 unspecified atom stereocenters. The highest BCUT2D eigenvalue weighted by molar-refractivity contribution is 6.32. The number of carbonyl (C=O) groups excluding carboxylic acids is 2. The van der Waals surface area contributed by atoms with E-state index in [1.807, 2.05) is 0 Å². The summed E-state index contributed by atoms with van der Waals surface area (Å²) in [5.41, 5.74) is -1.66. The molecule has 0 aliphatic carbocycles. The number of alkyl halides is 3. The van der Waals surface area contributed by atoms with E-state index >= 15 is 0 Å². The largest absolute Gasteiger partial charge is 0.444 e. The van der Waals surface area contributed by atoms with Gasteiger partial charge in [-0.15, -0.1) is 0 Å². The third-order valence-electron chi connectivity index (χ3n) is 5.18. The van der Waals surface area contributed by atoms with Crippen LogP contribution in [0.15, 0.2) is 0 Å². The number of fused-ring (bicyclic) bond motifs is 1. The number of halogens is 4. The summed E-state index contributed by atoms with van der Waals surface area (Å²) >= 11 is 5.73. The van der Waals surface area contributed by atoms with Gasteiger partial charge in [-0.05, 0) is 27.7 Å². The number of amides is 2. The Kier molecular flexibility index (Phi) is 5.53. The van der Waals surface area contributed by atoms with Crippen molar-refractivity contribution in [3.8, 4) is 0 Å². The van der Waals surface area contributed by atoms with Crippen molar-refractivity contribution in [2.45, 2.75) is 46.0 Å². The van der Waals surface area contributed by atoms with Crippen molar-refractivity contribution in [1.29, 1.82) is 0 Å². The zero-order valence-corrected chi connectivity index (χ0v) is 17.5. The fourth-order valence-corrected chi connectivity index (χ4v) is 4.00. The van der Waals surface area contributed by atoms with Gasteiger partial charge in [-0.1, -0.05) is 11.6 Å². The third-order valence-corrected chi connectivity index (χ3v) is 5.63. The molecule has 1 aromatic heterocycles. The molecule has 2 amide bonds. The van der Waals surface area contributed by atoms with Gasteiger partial charge in [-0.25, -0.2) is 4.79 Å². The van der Waals surface area contributed by atoms with E-state index in [9.17, 15) is 22.8 Å². The number of likely N-dealkylation sites (tertiary alicyclic amines) is 2. The molecule has 0 saturated carbocycles. The first kappa shape index (κ1) is 21.7. The van der Waals surface area contributed by atoms with E-state index in [2.05, 4.69) is 5.10 Å². The van der Waals surface area contributed by atoms with Crippen LogP contribution in [0.3, 0.4) is 0 Å². The lowest BCUT2D eigenvalue weighted by molar-refractivity contribution is -0.142. The maximum Gasteiger partial charge on any atom is 0.436 e. The molecule has 2 atom stereocenters. The van der Waals surface area contributed by atoms with Gasteiger partial charge in [0.15, 0.2) is 5.69 Å². The third kappa shape index (κ3) is 4.62. The summed E-state index contributed by atoms with van der Waals surface area (Å²) in [4.78, 5) is 28.1. The normalized spacial score (nSPS) is 22.2. The second-order valence-electron chi connectivity index (χ2n) is 8.61. The van der Waals surface area contributed by atoms with Crippen LogP contribution in [0, 0.1) is 18.8 Å². The lowest BCUT2D eigenvalue weighted by Gasteiger charge is -2.26. The Labute approximate surface area is 171 Å². The first-order valence-corrected chi connectivity index (χ1v) is 9.70. The molecule has 2 fully saturated rings. The van der Waals surface area contributed by atoms with Crippen LogP contribution in [0.2, 0.25) is 5.02 Å². The quantitative estimate of drug-likeness (QED) is 0.714. The lowest BCUT2D eigenvalue weighted by Crippen LogP contribution is -2.39. The minimum Gasteiger partial charge on any atom is -0.444 e. The Balaban J connectivity index is 1.59. The van der Waals surface area contributed by atoms with Crippen molar-refractivity contribution < 1.29 is 27.5 Å². The van der Waals surface area contributed by atoms with E-state index in [0.29, 0.717) is 26.2 Å². The van der Waals surface area contributed by atoms with Gasteiger partial charge in [-0.2, -0.15) is 18.3 Å². The predicted octanol–water partition coefficient (Wildman–Crippen LogP) is 3.19. The minimum absolute atomic E-state index is 0.0998. The van der Waals surface area contributed by atoms with Crippen LogP contribution in [0.4, 0.5) is 18.0 Å². The molecule has 2 aliphatic heterocycles. The van der Waals surface area contributed by atoms with Crippen molar-refractivity contribution >= 4 is 23.6 Å². The van der Waals surface area contributed by atoms with Gasteiger partial charge in [0.25, 0.3) is 0 Å². The summed E-state index contributed by atoms with van der Waals surface area (Å²) in [6, 6.07) is 0.